The van der Waals surface area contributed by atoms with E-state index in [2.05, 4.69) is 22.1 Å². The molecule has 1 aromatic heterocycles. The lowest BCUT2D eigenvalue weighted by molar-refractivity contribution is 0.0930. The molecule has 0 saturated heterocycles. The smallest absolute Gasteiger partial charge is 0.279 e. The Bertz CT molecular complexity index is 1050. The van der Waals surface area contributed by atoms with Gasteiger partial charge in [-0.1, -0.05) is 46.9 Å². The molecule has 0 atom stereocenters. The van der Waals surface area contributed by atoms with Crippen molar-refractivity contribution >= 4 is 28.8 Å². The van der Waals surface area contributed by atoms with Crippen molar-refractivity contribution in [3.05, 3.63) is 76.0 Å². The van der Waals surface area contributed by atoms with Crippen molar-refractivity contribution in [1.29, 1.82) is 0 Å². The number of ether oxygens (including phenoxy) is 1. The van der Waals surface area contributed by atoms with E-state index < -0.39 is 5.54 Å². The fourth-order valence-electron chi connectivity index (χ4n) is 2.21. The van der Waals surface area contributed by atoms with Crippen LogP contribution in [0.3, 0.4) is 0 Å². The first-order valence-corrected chi connectivity index (χ1v) is 9.51. The van der Waals surface area contributed by atoms with Crippen LogP contribution in [0.25, 0.3) is 0 Å². The van der Waals surface area contributed by atoms with Gasteiger partial charge in [0.15, 0.2) is 0 Å². The summed E-state index contributed by atoms with van der Waals surface area (Å²) in [6.45, 7) is 3.59. The number of nitrogens with one attached hydrogen (secondary N) is 1. The lowest BCUT2D eigenvalue weighted by Crippen LogP contribution is -2.42. The van der Waals surface area contributed by atoms with Gasteiger partial charge in [0.05, 0.1) is 22.3 Å². The Balaban J connectivity index is 1.67. The van der Waals surface area contributed by atoms with Gasteiger partial charge >= 0.3 is 0 Å². The summed E-state index contributed by atoms with van der Waals surface area (Å²) in [6, 6.07) is 12.5. The summed E-state index contributed by atoms with van der Waals surface area (Å²) in [4.78, 5) is 17.2. The van der Waals surface area contributed by atoms with Crippen molar-refractivity contribution in [3.8, 4) is 22.8 Å². The number of rotatable bonds is 4. The second kappa shape index (κ2) is 8.42. The van der Waals surface area contributed by atoms with E-state index >= 15 is 0 Å². The molecule has 0 spiro atoms. The average molecular weight is 415 g/mol. The summed E-state index contributed by atoms with van der Waals surface area (Å²) in [5.41, 5.74) is -0.384. The number of benzene rings is 2. The van der Waals surface area contributed by atoms with E-state index in [1.165, 1.54) is 35.6 Å². The summed E-state index contributed by atoms with van der Waals surface area (Å²) in [5, 5.41) is 3.64. The third-order valence-electron chi connectivity index (χ3n) is 3.55. The molecular formula is C21H16ClFN2O2S. The van der Waals surface area contributed by atoms with Crippen molar-refractivity contribution in [2.24, 2.45) is 0 Å². The maximum absolute atomic E-state index is 12.9. The average Bonchev–Trinajstić information content (AvgIpc) is 3.09. The van der Waals surface area contributed by atoms with E-state index in [1.807, 2.05) is 0 Å². The van der Waals surface area contributed by atoms with Gasteiger partial charge in [0.1, 0.15) is 16.4 Å². The van der Waals surface area contributed by atoms with Gasteiger partial charge in [0.25, 0.3) is 11.1 Å². The monoisotopic (exact) mass is 414 g/mol. The molecule has 1 heterocycles. The van der Waals surface area contributed by atoms with E-state index in [1.54, 1.807) is 44.3 Å². The molecule has 7 heteroatoms. The third-order valence-corrected chi connectivity index (χ3v) is 4.67. The molecule has 3 rings (SSSR count). The third kappa shape index (κ3) is 5.32. The first-order valence-electron chi connectivity index (χ1n) is 8.32. The van der Waals surface area contributed by atoms with E-state index in [0.717, 1.165) is 0 Å². The zero-order valence-corrected chi connectivity index (χ0v) is 16.7. The van der Waals surface area contributed by atoms with Gasteiger partial charge in [0.2, 0.25) is 0 Å². The molecule has 2 aromatic carbocycles. The highest BCUT2D eigenvalue weighted by atomic mass is 35.5. The van der Waals surface area contributed by atoms with E-state index in [9.17, 15) is 9.18 Å². The fraction of sp³-hybridized carbons (Fsp3) is 0.143. The number of carbonyl (C=O) groups is 1. The topological polar surface area (TPSA) is 51.2 Å². The number of hydrogen-bond acceptors (Lipinski definition) is 4. The molecule has 4 nitrogen and oxygen atoms in total. The second-order valence-corrected chi connectivity index (χ2v) is 7.76. The predicted octanol–water partition coefficient (Wildman–Crippen LogP) is 5.29. The molecule has 3 aromatic rings. The maximum Gasteiger partial charge on any atom is 0.279 e. The highest BCUT2D eigenvalue weighted by Crippen LogP contribution is 2.26. The van der Waals surface area contributed by atoms with Crippen LogP contribution in [0, 0.1) is 17.7 Å². The summed E-state index contributed by atoms with van der Waals surface area (Å²) in [7, 11) is 0. The van der Waals surface area contributed by atoms with Crippen LogP contribution in [0.4, 0.5) is 4.39 Å². The standard InChI is InChI=1S/C21H16ClFN2O2S/c1-21(2,25-19(26)17-5-3-4-6-18(17)22)12-11-16-13-24-20(28-16)27-15-9-7-14(23)8-10-15/h3-10,13H,1-2H3,(H,25,26). The van der Waals surface area contributed by atoms with Crippen LogP contribution in [0.1, 0.15) is 29.1 Å². The molecule has 0 unspecified atom stereocenters. The Morgan fingerprint density at radius 2 is 1.93 bits per heavy atom. The SMILES string of the molecule is CC(C)(C#Cc1cnc(Oc2ccc(F)cc2)s1)NC(=O)c1ccccc1Cl. The number of hydrogen-bond donors (Lipinski definition) is 1. The number of aromatic nitrogens is 1. The minimum absolute atomic E-state index is 0.297. The summed E-state index contributed by atoms with van der Waals surface area (Å²) in [6.07, 6.45) is 1.59. The molecule has 0 bridgehead atoms. The van der Waals surface area contributed by atoms with Gasteiger partial charge in [0, 0.05) is 0 Å². The maximum atomic E-state index is 12.9. The van der Waals surface area contributed by atoms with Crippen LogP contribution in [0.2, 0.25) is 5.02 Å². The largest absolute Gasteiger partial charge is 0.431 e. The van der Waals surface area contributed by atoms with Crippen molar-refractivity contribution < 1.29 is 13.9 Å². The van der Waals surface area contributed by atoms with E-state index in [4.69, 9.17) is 16.3 Å². The molecule has 0 saturated carbocycles. The molecule has 1 N–H and O–H groups in total. The fourth-order valence-corrected chi connectivity index (χ4v) is 3.07. The number of thiazole rings is 1. The van der Waals surface area contributed by atoms with Gasteiger partial charge < -0.3 is 10.1 Å². The number of amides is 1. The van der Waals surface area contributed by atoms with E-state index in [-0.39, 0.29) is 11.7 Å². The van der Waals surface area contributed by atoms with Gasteiger partial charge in [-0.15, -0.1) is 0 Å². The molecule has 0 aliphatic heterocycles. The number of carbonyl (C=O) groups excluding carboxylic acids is 1. The molecule has 0 radical (unpaired) electrons. The zero-order valence-electron chi connectivity index (χ0n) is 15.1. The molecule has 0 fully saturated rings. The summed E-state index contributed by atoms with van der Waals surface area (Å²) in [5.74, 6) is 5.87. The molecular weight excluding hydrogens is 399 g/mol. The Hall–Kier alpha value is -2.88. The minimum Gasteiger partial charge on any atom is -0.431 e. The van der Waals surface area contributed by atoms with Gasteiger partial charge in [-0.2, -0.15) is 0 Å². The zero-order chi connectivity index (χ0) is 20.1. The highest BCUT2D eigenvalue weighted by Gasteiger charge is 2.20. The predicted molar refractivity (Wildman–Crippen MR) is 108 cm³/mol. The minimum atomic E-state index is -0.780. The van der Waals surface area contributed by atoms with Gasteiger partial charge in [-0.3, -0.25) is 4.79 Å². The second-order valence-electron chi connectivity index (χ2n) is 6.36. The number of nitrogens with zero attached hydrogens (tertiary/aromatic N) is 1. The Kier molecular flexibility index (Phi) is 5.98. The van der Waals surface area contributed by atoms with Crippen molar-refractivity contribution in [3.63, 3.8) is 0 Å². The molecule has 0 aliphatic rings. The van der Waals surface area contributed by atoms with Gasteiger partial charge in [-0.25, -0.2) is 9.37 Å². The Labute approximate surface area is 171 Å². The molecule has 142 valence electrons. The normalized spacial score (nSPS) is 10.7. The van der Waals surface area contributed by atoms with Crippen molar-refractivity contribution in [2.45, 2.75) is 19.4 Å². The molecule has 1 amide bonds. The Morgan fingerprint density at radius 3 is 2.64 bits per heavy atom. The van der Waals surface area contributed by atoms with Crippen molar-refractivity contribution in [1.82, 2.24) is 10.3 Å². The number of halogens is 2. The lowest BCUT2D eigenvalue weighted by Gasteiger charge is -2.20. The quantitative estimate of drug-likeness (QED) is 0.590. The summed E-state index contributed by atoms with van der Waals surface area (Å²) < 4.78 is 18.5. The first kappa shape index (κ1) is 19.9. The molecule has 0 aliphatic carbocycles. The Morgan fingerprint density at radius 1 is 1.21 bits per heavy atom. The highest BCUT2D eigenvalue weighted by molar-refractivity contribution is 7.13. The van der Waals surface area contributed by atoms with Crippen LogP contribution in [-0.4, -0.2) is 16.4 Å². The van der Waals surface area contributed by atoms with Crippen LogP contribution in [0.5, 0.6) is 10.9 Å². The van der Waals surface area contributed by atoms with Gasteiger partial charge in [-0.05, 0) is 50.2 Å². The van der Waals surface area contributed by atoms with Crippen molar-refractivity contribution in [2.75, 3.05) is 0 Å². The van der Waals surface area contributed by atoms with Crippen LogP contribution in [0.15, 0.2) is 54.7 Å². The molecule has 28 heavy (non-hydrogen) atoms. The summed E-state index contributed by atoms with van der Waals surface area (Å²) >= 11 is 7.32. The van der Waals surface area contributed by atoms with Crippen LogP contribution in [-0.2, 0) is 0 Å². The lowest BCUT2D eigenvalue weighted by atomic mass is 10.1. The van der Waals surface area contributed by atoms with E-state index in [0.29, 0.717) is 26.4 Å². The van der Waals surface area contributed by atoms with Crippen LogP contribution < -0.4 is 10.1 Å². The van der Waals surface area contributed by atoms with Crippen LogP contribution >= 0.6 is 22.9 Å². The first-order chi connectivity index (χ1) is 13.3.